The topological polar surface area (TPSA) is 12.5 Å². The van der Waals surface area contributed by atoms with Crippen molar-refractivity contribution in [2.24, 2.45) is 0 Å². The fourth-order valence-corrected chi connectivity index (χ4v) is 4.50. The predicted octanol–water partition coefficient (Wildman–Crippen LogP) is 6.98. The van der Waals surface area contributed by atoms with Gasteiger partial charge in [-0.05, 0) is 61.3 Å². The fourth-order valence-electron chi connectivity index (χ4n) is 4.50. The van der Waals surface area contributed by atoms with E-state index in [-0.39, 0.29) is 0 Å². The summed E-state index contributed by atoms with van der Waals surface area (Å²) in [7, 11) is 0. The maximum absolute atomic E-state index is 5.76. The molecule has 1 aliphatic rings. The van der Waals surface area contributed by atoms with Gasteiger partial charge < -0.3 is 9.64 Å². The summed E-state index contributed by atoms with van der Waals surface area (Å²) in [5.41, 5.74) is 8.46. The lowest BCUT2D eigenvalue weighted by Gasteiger charge is -2.31. The normalized spacial score (nSPS) is 14.4. The minimum Gasteiger partial charge on any atom is -0.378 e. The van der Waals surface area contributed by atoms with Crippen LogP contribution in [0, 0.1) is 0 Å². The third kappa shape index (κ3) is 5.43. The zero-order valence-electron chi connectivity index (χ0n) is 19.0. The van der Waals surface area contributed by atoms with Crippen LogP contribution in [0.25, 0.3) is 11.3 Å². The molecule has 0 amide bonds. The first-order valence-electron chi connectivity index (χ1n) is 11.7. The highest BCUT2D eigenvalue weighted by Crippen LogP contribution is 2.39. The Balaban J connectivity index is 2.23. The molecule has 0 aromatic heterocycles. The van der Waals surface area contributed by atoms with E-state index >= 15 is 0 Å². The van der Waals surface area contributed by atoms with E-state index in [1.165, 1.54) is 40.0 Å². The second-order valence-corrected chi connectivity index (χ2v) is 7.97. The molecule has 160 valence electrons. The van der Waals surface area contributed by atoms with Crippen molar-refractivity contribution in [1.82, 2.24) is 4.90 Å². The monoisotopic (exact) mass is 403 g/mol. The van der Waals surface area contributed by atoms with Crippen molar-refractivity contribution in [3.8, 4) is 0 Å². The van der Waals surface area contributed by atoms with E-state index in [1.54, 1.807) is 0 Å². The zero-order valence-corrected chi connectivity index (χ0v) is 19.0. The lowest BCUT2D eigenvalue weighted by molar-refractivity contribution is 0.178. The van der Waals surface area contributed by atoms with Crippen LogP contribution < -0.4 is 0 Å². The number of allylic oxidation sites excluding steroid dienone is 2. The average Bonchev–Trinajstić information content (AvgIpc) is 2.97. The van der Waals surface area contributed by atoms with Gasteiger partial charge in [-0.2, -0.15) is 0 Å². The van der Waals surface area contributed by atoms with Crippen LogP contribution in [-0.4, -0.2) is 31.2 Å². The molecule has 0 atom stereocenters. The molecule has 2 aromatic rings. The van der Waals surface area contributed by atoms with Gasteiger partial charge in [-0.1, -0.05) is 74.5 Å². The highest BCUT2D eigenvalue weighted by molar-refractivity contribution is 5.89. The fraction of sp³-hybridized carbons (Fsp3) is 0.429. The minimum atomic E-state index is 0.653. The maximum Gasteiger partial charge on any atom is 0.0656 e. The van der Waals surface area contributed by atoms with Crippen molar-refractivity contribution < 1.29 is 4.74 Å². The van der Waals surface area contributed by atoms with E-state index < -0.39 is 0 Å². The van der Waals surface area contributed by atoms with Gasteiger partial charge in [-0.25, -0.2) is 0 Å². The Kier molecular flexibility index (Phi) is 8.77. The van der Waals surface area contributed by atoms with Crippen LogP contribution in [0.15, 0.2) is 66.2 Å². The van der Waals surface area contributed by atoms with E-state index in [0.29, 0.717) is 6.61 Å². The standard InChI is InChI=1S/C28H37NO/c1-4-20-29(21-5-2)28-26-17-11-10-15-24(26)16-12-18-27(28)25(19-22-30-6-3)23-13-8-7-9-14-23/h7-11,13-15,17,19H,4-6,12,16,18,20-22H2,1-3H3/b25-19+. The van der Waals surface area contributed by atoms with Crippen LogP contribution in [-0.2, 0) is 11.2 Å². The Bertz CT molecular complexity index is 844. The Labute approximate surface area is 183 Å². The van der Waals surface area contributed by atoms with Crippen LogP contribution >= 0.6 is 0 Å². The number of hydrogen-bond acceptors (Lipinski definition) is 2. The molecular formula is C28H37NO. The summed E-state index contributed by atoms with van der Waals surface area (Å²) in [6.45, 7) is 10.2. The predicted molar refractivity (Wildman–Crippen MR) is 129 cm³/mol. The van der Waals surface area contributed by atoms with Crippen LogP contribution in [0.2, 0.25) is 0 Å². The molecule has 30 heavy (non-hydrogen) atoms. The van der Waals surface area contributed by atoms with Crippen molar-refractivity contribution in [2.75, 3.05) is 26.3 Å². The van der Waals surface area contributed by atoms with E-state index in [0.717, 1.165) is 45.4 Å². The first-order chi connectivity index (χ1) is 14.8. The molecule has 0 unspecified atom stereocenters. The molecule has 0 aliphatic heterocycles. The van der Waals surface area contributed by atoms with Crippen molar-refractivity contribution >= 4 is 11.3 Å². The molecule has 0 fully saturated rings. The number of benzene rings is 2. The van der Waals surface area contributed by atoms with Gasteiger partial charge in [0.25, 0.3) is 0 Å². The van der Waals surface area contributed by atoms with E-state index in [4.69, 9.17) is 4.74 Å². The minimum absolute atomic E-state index is 0.653. The smallest absolute Gasteiger partial charge is 0.0656 e. The first-order valence-corrected chi connectivity index (χ1v) is 11.7. The van der Waals surface area contributed by atoms with Gasteiger partial charge in [0.15, 0.2) is 0 Å². The summed E-state index contributed by atoms with van der Waals surface area (Å²) in [5.74, 6) is 0. The van der Waals surface area contributed by atoms with Crippen LogP contribution in [0.5, 0.6) is 0 Å². The summed E-state index contributed by atoms with van der Waals surface area (Å²) < 4.78 is 5.76. The average molecular weight is 404 g/mol. The van der Waals surface area contributed by atoms with Crippen molar-refractivity contribution in [1.29, 1.82) is 0 Å². The lowest BCUT2D eigenvalue weighted by atomic mass is 9.91. The van der Waals surface area contributed by atoms with Crippen molar-refractivity contribution in [3.63, 3.8) is 0 Å². The highest BCUT2D eigenvalue weighted by Gasteiger charge is 2.24. The van der Waals surface area contributed by atoms with Gasteiger partial charge in [-0.15, -0.1) is 0 Å². The largest absolute Gasteiger partial charge is 0.378 e. The van der Waals surface area contributed by atoms with Gasteiger partial charge >= 0.3 is 0 Å². The highest BCUT2D eigenvalue weighted by atomic mass is 16.5. The third-order valence-electron chi connectivity index (χ3n) is 5.75. The third-order valence-corrected chi connectivity index (χ3v) is 5.75. The van der Waals surface area contributed by atoms with E-state index in [2.05, 4.69) is 86.3 Å². The van der Waals surface area contributed by atoms with Gasteiger partial charge in [0.05, 0.1) is 6.61 Å². The zero-order chi connectivity index (χ0) is 21.2. The number of aryl methyl sites for hydroxylation is 1. The summed E-state index contributed by atoms with van der Waals surface area (Å²) in [6.07, 6.45) is 8.03. The molecule has 0 spiro atoms. The molecule has 0 N–H and O–H groups in total. The number of rotatable bonds is 10. The molecule has 2 heteroatoms. The summed E-state index contributed by atoms with van der Waals surface area (Å²) in [4.78, 5) is 2.64. The molecule has 2 nitrogen and oxygen atoms in total. The molecule has 0 radical (unpaired) electrons. The second kappa shape index (κ2) is 11.8. The van der Waals surface area contributed by atoms with E-state index in [1.807, 2.05) is 0 Å². The number of ether oxygens (including phenoxy) is 1. The molecular weight excluding hydrogens is 366 g/mol. The summed E-state index contributed by atoms with van der Waals surface area (Å²) in [6, 6.07) is 19.9. The van der Waals surface area contributed by atoms with Gasteiger partial charge in [-0.3, -0.25) is 0 Å². The molecule has 1 aliphatic carbocycles. The SMILES string of the molecule is CCCN(CCC)C1=C(/C(=C/COCC)c2ccccc2)CCCc2ccccc21. The lowest BCUT2D eigenvalue weighted by Crippen LogP contribution is -2.25. The second-order valence-electron chi connectivity index (χ2n) is 7.97. The number of fused-ring (bicyclic) bond motifs is 1. The molecule has 2 aromatic carbocycles. The Hall–Kier alpha value is -2.32. The van der Waals surface area contributed by atoms with Gasteiger partial charge in [0.1, 0.15) is 0 Å². The van der Waals surface area contributed by atoms with E-state index in [9.17, 15) is 0 Å². The number of nitrogens with zero attached hydrogens (tertiary/aromatic N) is 1. The molecule has 0 saturated heterocycles. The Morgan fingerprint density at radius 2 is 1.60 bits per heavy atom. The van der Waals surface area contributed by atoms with Crippen LogP contribution in [0.3, 0.4) is 0 Å². The van der Waals surface area contributed by atoms with Crippen LogP contribution in [0.1, 0.15) is 63.1 Å². The maximum atomic E-state index is 5.76. The summed E-state index contributed by atoms with van der Waals surface area (Å²) >= 11 is 0. The van der Waals surface area contributed by atoms with Crippen LogP contribution in [0.4, 0.5) is 0 Å². The molecule has 0 bridgehead atoms. The van der Waals surface area contributed by atoms with Gasteiger partial charge in [0, 0.05) is 31.0 Å². The number of hydrogen-bond donors (Lipinski definition) is 0. The summed E-state index contributed by atoms with van der Waals surface area (Å²) in [5, 5.41) is 0. The Morgan fingerprint density at radius 1 is 0.900 bits per heavy atom. The van der Waals surface area contributed by atoms with Crippen molar-refractivity contribution in [2.45, 2.75) is 52.9 Å². The Morgan fingerprint density at radius 3 is 2.30 bits per heavy atom. The molecule has 3 rings (SSSR count). The first kappa shape index (κ1) is 22.4. The molecule has 0 saturated carbocycles. The van der Waals surface area contributed by atoms with Crippen molar-refractivity contribution in [3.05, 3.63) is 82.9 Å². The van der Waals surface area contributed by atoms with Gasteiger partial charge in [0.2, 0.25) is 0 Å². The molecule has 0 heterocycles. The quantitative estimate of drug-likeness (QED) is 0.397.